The van der Waals surface area contributed by atoms with E-state index < -0.39 is 24.3 Å². The van der Waals surface area contributed by atoms with Crippen molar-refractivity contribution in [2.45, 2.75) is 6.18 Å². The molecule has 1 aromatic carbocycles. The van der Waals surface area contributed by atoms with Crippen molar-refractivity contribution in [3.63, 3.8) is 0 Å². The number of hydrazine groups is 1. The fraction of sp³-hybridized carbons (Fsp3) is 0.111. The van der Waals surface area contributed by atoms with Gasteiger partial charge in [0.2, 0.25) is 0 Å². The van der Waals surface area contributed by atoms with Crippen LogP contribution in [0.1, 0.15) is 5.56 Å². The van der Waals surface area contributed by atoms with Crippen LogP contribution in [0.2, 0.25) is 15.1 Å². The molecule has 0 aliphatic heterocycles. The summed E-state index contributed by atoms with van der Waals surface area (Å²) in [6.45, 7) is -0.393. The van der Waals surface area contributed by atoms with Crippen molar-refractivity contribution in [2.75, 3.05) is 23.1 Å². The Morgan fingerprint density at radius 1 is 1.03 bits per heavy atom. The van der Waals surface area contributed by atoms with E-state index in [2.05, 4.69) is 31.1 Å². The van der Waals surface area contributed by atoms with Crippen LogP contribution in [-0.4, -0.2) is 27.5 Å². The lowest BCUT2D eigenvalue weighted by atomic mass is 10.3. The molecule has 5 N–H and O–H groups in total. The molecule has 174 valence electrons. The molecule has 0 atom stereocenters. The number of alkyl halides is 3. The van der Waals surface area contributed by atoms with Gasteiger partial charge in [-0.05, 0) is 24.3 Å². The lowest BCUT2D eigenvalue weighted by Crippen LogP contribution is -2.34. The second-order valence-corrected chi connectivity index (χ2v) is 7.45. The minimum Gasteiger partial charge on any atom is -0.482 e. The van der Waals surface area contributed by atoms with Gasteiger partial charge in [0.15, 0.2) is 18.2 Å². The fourth-order valence-corrected chi connectivity index (χ4v) is 2.97. The molecule has 3 rings (SSSR count). The molecule has 33 heavy (non-hydrogen) atoms. The Hall–Kier alpha value is -3.22. The largest absolute Gasteiger partial charge is 0.482 e. The predicted octanol–water partition coefficient (Wildman–Crippen LogP) is 4.70. The zero-order chi connectivity index (χ0) is 24.2. The molecule has 3 aromatic rings. The van der Waals surface area contributed by atoms with Crippen LogP contribution in [0.5, 0.6) is 5.75 Å². The van der Waals surface area contributed by atoms with E-state index in [1.165, 1.54) is 12.1 Å². The van der Waals surface area contributed by atoms with Crippen molar-refractivity contribution < 1.29 is 22.7 Å². The lowest BCUT2D eigenvalue weighted by Gasteiger charge is -2.14. The van der Waals surface area contributed by atoms with Gasteiger partial charge in [0.05, 0.1) is 15.6 Å². The number of rotatable bonds is 7. The van der Waals surface area contributed by atoms with Gasteiger partial charge in [-0.1, -0.05) is 34.8 Å². The van der Waals surface area contributed by atoms with Gasteiger partial charge >= 0.3 is 6.18 Å². The van der Waals surface area contributed by atoms with Crippen LogP contribution in [-0.2, 0) is 11.0 Å². The van der Waals surface area contributed by atoms with Gasteiger partial charge in [-0.2, -0.15) is 13.2 Å². The van der Waals surface area contributed by atoms with Crippen LogP contribution < -0.4 is 26.6 Å². The number of pyridine rings is 1. The maximum atomic E-state index is 12.8. The SMILES string of the molecule is Nc1c(NNC(=O)COc2ccc(Cl)cc2Cl)ncnc1Nc1ncc(C(F)(F)F)cc1Cl. The molecule has 0 spiro atoms. The van der Waals surface area contributed by atoms with Gasteiger partial charge in [-0.3, -0.25) is 15.6 Å². The van der Waals surface area contributed by atoms with Gasteiger partial charge < -0.3 is 15.8 Å². The number of amides is 1. The summed E-state index contributed by atoms with van der Waals surface area (Å²) < 4.78 is 43.6. The van der Waals surface area contributed by atoms with Crippen molar-refractivity contribution in [1.29, 1.82) is 0 Å². The highest BCUT2D eigenvalue weighted by atomic mass is 35.5. The maximum absolute atomic E-state index is 12.8. The maximum Gasteiger partial charge on any atom is 0.417 e. The van der Waals surface area contributed by atoms with Crippen LogP contribution in [0.4, 0.5) is 36.3 Å². The summed E-state index contributed by atoms with van der Waals surface area (Å²) in [6, 6.07) is 5.22. The number of hydrogen-bond donors (Lipinski definition) is 4. The highest BCUT2D eigenvalue weighted by Gasteiger charge is 2.31. The third-order valence-electron chi connectivity index (χ3n) is 3.86. The molecular weight excluding hydrogens is 510 g/mol. The topological polar surface area (TPSA) is 127 Å². The van der Waals surface area contributed by atoms with Crippen LogP contribution in [0, 0.1) is 0 Å². The number of nitrogens with zero attached hydrogens (tertiary/aromatic N) is 3. The highest BCUT2D eigenvalue weighted by molar-refractivity contribution is 6.35. The Morgan fingerprint density at radius 3 is 2.42 bits per heavy atom. The summed E-state index contributed by atoms with van der Waals surface area (Å²) in [5.74, 6) is -0.474. The smallest absolute Gasteiger partial charge is 0.417 e. The summed E-state index contributed by atoms with van der Waals surface area (Å²) in [4.78, 5) is 23.4. The molecule has 0 saturated carbocycles. The summed E-state index contributed by atoms with van der Waals surface area (Å²) >= 11 is 17.6. The Labute approximate surface area is 199 Å². The summed E-state index contributed by atoms with van der Waals surface area (Å²) in [7, 11) is 0. The number of benzene rings is 1. The first-order valence-corrected chi connectivity index (χ1v) is 9.91. The van der Waals surface area contributed by atoms with Crippen molar-refractivity contribution in [3.05, 3.63) is 57.4 Å². The number of ether oxygens (including phenoxy) is 1. The minimum atomic E-state index is -4.60. The molecule has 0 aliphatic rings. The average Bonchev–Trinajstić information content (AvgIpc) is 2.74. The fourth-order valence-electron chi connectivity index (χ4n) is 2.29. The Balaban J connectivity index is 1.62. The number of anilines is 4. The van der Waals surface area contributed by atoms with Crippen molar-refractivity contribution >= 4 is 63.9 Å². The minimum absolute atomic E-state index is 0.00610. The number of nitrogens with one attached hydrogen (secondary N) is 3. The molecule has 0 fully saturated rings. The van der Waals surface area contributed by atoms with Crippen LogP contribution >= 0.6 is 34.8 Å². The highest BCUT2D eigenvalue weighted by Crippen LogP contribution is 2.34. The van der Waals surface area contributed by atoms with E-state index in [0.717, 1.165) is 6.33 Å². The summed E-state index contributed by atoms with van der Waals surface area (Å²) in [6.07, 6.45) is -2.89. The van der Waals surface area contributed by atoms with E-state index in [-0.39, 0.29) is 38.9 Å². The Morgan fingerprint density at radius 2 is 1.76 bits per heavy atom. The number of nitrogen functional groups attached to an aromatic ring is 1. The first kappa shape index (κ1) is 24.4. The van der Waals surface area contributed by atoms with Gasteiger partial charge in [-0.25, -0.2) is 15.0 Å². The Bertz CT molecular complexity index is 1180. The molecule has 15 heteroatoms. The van der Waals surface area contributed by atoms with E-state index in [9.17, 15) is 18.0 Å². The van der Waals surface area contributed by atoms with Crippen molar-refractivity contribution in [1.82, 2.24) is 20.4 Å². The molecule has 0 saturated heterocycles. The number of carbonyl (C=O) groups excluding carboxylic acids is 1. The van der Waals surface area contributed by atoms with Gasteiger partial charge in [0, 0.05) is 11.2 Å². The predicted molar refractivity (Wildman–Crippen MR) is 118 cm³/mol. The third kappa shape index (κ3) is 6.40. The number of hydrogen-bond acceptors (Lipinski definition) is 8. The third-order valence-corrected chi connectivity index (χ3v) is 4.68. The molecule has 2 aromatic heterocycles. The zero-order valence-corrected chi connectivity index (χ0v) is 18.4. The molecule has 0 bridgehead atoms. The zero-order valence-electron chi connectivity index (χ0n) is 16.2. The monoisotopic (exact) mass is 521 g/mol. The van der Waals surface area contributed by atoms with Gasteiger partial charge in [-0.15, -0.1) is 0 Å². The summed E-state index contributed by atoms with van der Waals surface area (Å²) in [5, 5.41) is 2.96. The van der Waals surface area contributed by atoms with Crippen molar-refractivity contribution in [2.24, 2.45) is 0 Å². The number of aromatic nitrogens is 3. The average molecular weight is 523 g/mol. The molecule has 0 aliphatic carbocycles. The van der Waals surface area contributed by atoms with E-state index in [4.69, 9.17) is 45.3 Å². The molecule has 9 nitrogen and oxygen atoms in total. The molecule has 1 amide bonds. The molecule has 0 radical (unpaired) electrons. The Kier molecular flexibility index (Phi) is 7.51. The summed E-state index contributed by atoms with van der Waals surface area (Å²) in [5.41, 5.74) is 9.68. The van der Waals surface area contributed by atoms with E-state index in [1.807, 2.05) is 0 Å². The quantitative estimate of drug-likeness (QED) is 0.329. The lowest BCUT2D eigenvalue weighted by molar-refractivity contribution is -0.137. The van der Waals surface area contributed by atoms with Crippen LogP contribution in [0.25, 0.3) is 0 Å². The van der Waals surface area contributed by atoms with Crippen LogP contribution in [0.3, 0.4) is 0 Å². The standard InChI is InChI=1S/C18H13Cl3F3N7O2/c19-9-1-2-12(10(20)4-9)33-6-13(32)30-31-17-14(25)16(27-7-28-17)29-15-11(21)3-8(5-26-15)18(22,23)24/h1-5,7H,6,25H2,(H,30,32)(H2,26,27,28,29,31). The first-order chi connectivity index (χ1) is 15.5. The normalized spacial score (nSPS) is 11.1. The number of carbonyl (C=O) groups is 1. The van der Waals surface area contributed by atoms with E-state index in [1.54, 1.807) is 6.07 Å². The van der Waals surface area contributed by atoms with E-state index in [0.29, 0.717) is 17.3 Å². The molecule has 0 unspecified atom stereocenters. The van der Waals surface area contributed by atoms with Crippen molar-refractivity contribution in [3.8, 4) is 5.75 Å². The second-order valence-electron chi connectivity index (χ2n) is 6.20. The number of nitrogens with two attached hydrogens (primary N) is 1. The molecule has 2 heterocycles. The molecular formula is C18H13Cl3F3N7O2. The van der Waals surface area contributed by atoms with Gasteiger partial charge in [0.25, 0.3) is 5.91 Å². The first-order valence-electron chi connectivity index (χ1n) is 8.77. The van der Waals surface area contributed by atoms with E-state index >= 15 is 0 Å². The number of halogens is 6. The second kappa shape index (κ2) is 10.1. The van der Waals surface area contributed by atoms with Gasteiger partial charge in [0.1, 0.15) is 23.6 Å². The van der Waals surface area contributed by atoms with Crippen LogP contribution in [0.15, 0.2) is 36.8 Å².